The van der Waals surface area contributed by atoms with Crippen LogP contribution in [0, 0.1) is 0 Å². The molecule has 82 heavy (non-hydrogen) atoms. The van der Waals surface area contributed by atoms with E-state index in [4.69, 9.17) is 122 Å². The summed E-state index contributed by atoms with van der Waals surface area (Å²) in [7, 11) is -76.0. The van der Waals surface area contributed by atoms with Crippen LogP contribution in [-0.4, -0.2) is 214 Å². The first-order valence-electron chi connectivity index (χ1n) is 22.4. The summed E-state index contributed by atoms with van der Waals surface area (Å²) in [6.45, 7) is 30.0. The smallest absolute Gasteiger partial charge is 0.391 e. The fourth-order valence-corrected chi connectivity index (χ4v) is 105. The second kappa shape index (κ2) is 31.4. The largest absolute Gasteiger partial charge is 0.484 e. The Kier molecular flexibility index (Phi) is 36.7. The summed E-state index contributed by atoms with van der Waals surface area (Å²) < 4.78 is 161. The summed E-state index contributed by atoms with van der Waals surface area (Å²) in [6.07, 6.45) is 0. The average Bonchev–Trinajstić information content (AvgIpc) is 2.91. The van der Waals surface area contributed by atoms with Crippen molar-refractivity contribution in [1.82, 2.24) is 0 Å². The molecule has 0 amide bonds. The molecule has 0 aliphatic carbocycles. The summed E-state index contributed by atoms with van der Waals surface area (Å²) in [5.41, 5.74) is 0. The Morgan fingerprint density at radius 2 is 0.280 bits per heavy atom. The van der Waals surface area contributed by atoms with Crippen LogP contribution in [-0.2, 0) is 369 Å². The Morgan fingerprint density at radius 3 is 0.366 bits per heavy atom. The van der Waals surface area contributed by atoms with Gasteiger partial charge in [-0.2, -0.15) is 0 Å². The predicted molar refractivity (Wildman–Crippen MR) is 278 cm³/mol. The molecule has 456 valence electrons. The Hall–Kier alpha value is 11.8. The molecular weight excluding hydrogens is 2060 g/mol. The number of hydrogen-bond donors (Lipinski definition) is 8. The topological polar surface area (TPSA) is 402 Å². The summed E-state index contributed by atoms with van der Waals surface area (Å²) in [5.74, 6) is 0. The van der Waals surface area contributed by atoms with Gasteiger partial charge in [0.25, 0.3) is 0 Å². The Morgan fingerprint density at radius 1 is 0.195 bits per heavy atom. The van der Waals surface area contributed by atoms with Crippen LogP contribution >= 0.6 is 0 Å². The minimum atomic E-state index is -4.16. The fourth-order valence-electron chi connectivity index (χ4n) is 9.80. The fraction of sp³-hybridized carbons (Fsp3) is 1.00. The van der Waals surface area contributed by atoms with Crippen molar-refractivity contribution in [2.24, 2.45) is 0 Å². The molecule has 10 atom stereocenters. The van der Waals surface area contributed by atoms with E-state index in [1.807, 2.05) is 0 Å². The van der Waals surface area contributed by atoms with E-state index in [9.17, 15) is 19.2 Å². The van der Waals surface area contributed by atoms with E-state index in [0.29, 0.717) is 0 Å². The number of rotatable bonds is 2. The van der Waals surface area contributed by atoms with E-state index in [-0.39, 0.29) is 262 Å². The molecule has 8 radical (unpaired) electrons. The van der Waals surface area contributed by atoms with Crippen molar-refractivity contribution in [3.8, 4) is 0 Å². The predicted octanol–water partition coefficient (Wildman–Crippen LogP) is -2.19. The molecule has 13 fully saturated rings. The molecule has 13 saturated heterocycles. The van der Waals surface area contributed by atoms with Gasteiger partial charge in [-0.15, -0.1) is 0 Å². The Bertz CT molecular complexity index is 2000. The first kappa shape index (κ1) is 95.9. The van der Waals surface area contributed by atoms with Crippen molar-refractivity contribution in [3.05, 3.63) is 0 Å². The Labute approximate surface area is 700 Å². The van der Waals surface area contributed by atoms with E-state index in [1.165, 1.54) is 39.3 Å². The zero-order valence-electron chi connectivity index (χ0n) is 48.8. The van der Waals surface area contributed by atoms with Gasteiger partial charge in [0.15, 0.2) is 0 Å². The van der Waals surface area contributed by atoms with E-state index in [2.05, 4.69) is 4.12 Å². The maximum atomic E-state index is 11.2. The molecule has 0 saturated carbocycles. The van der Waals surface area contributed by atoms with Gasteiger partial charge in [0.2, 0.25) is 0 Å². The minimum absolute atomic E-state index is 0. The number of fused-ring (bicyclic) bond motifs is 8. The second-order valence-electron chi connectivity index (χ2n) is 20.2. The van der Waals surface area contributed by atoms with Gasteiger partial charge in [-0.25, -0.2) is 0 Å². The van der Waals surface area contributed by atoms with Gasteiger partial charge in [-0.1, -0.05) is 0 Å². The van der Waals surface area contributed by atoms with Gasteiger partial charge in [-0.05, 0) is 0 Å². The quantitative estimate of drug-likeness (QED) is 0.136. The van der Waals surface area contributed by atoms with E-state index in [1.54, 1.807) is 78.6 Å². The molecule has 34 nitrogen and oxygen atoms in total. The van der Waals surface area contributed by atoms with Crippen LogP contribution in [0.2, 0.25) is 131 Å². The molecule has 13 aliphatic rings. The van der Waals surface area contributed by atoms with Gasteiger partial charge in [0, 0.05) is 393 Å². The molecule has 13 aliphatic heterocycles. The van der Waals surface area contributed by atoms with Crippen molar-refractivity contribution in [1.29, 1.82) is 0 Å². The summed E-state index contributed by atoms with van der Waals surface area (Å²) in [5, 5.41) is 0. The molecule has 0 aromatic rings. The van der Waals surface area contributed by atoms with Crippen molar-refractivity contribution in [2.75, 3.05) is 0 Å². The molecule has 0 aromatic heterocycles. The van der Waals surface area contributed by atoms with Crippen LogP contribution < -0.4 is 0 Å². The summed E-state index contributed by atoms with van der Waals surface area (Å²) in [4.78, 5) is 78.3. The third kappa shape index (κ3) is 26.9. The normalized spacial score (nSPS) is 51.8. The molecule has 13 rings (SSSR count). The average molecular weight is 2130 g/mol. The molecule has 14 bridgehead atoms. The first-order chi connectivity index (χ1) is 32.4. The summed E-state index contributed by atoms with van der Waals surface area (Å²) in [6, 6.07) is 0. The van der Waals surface area contributed by atoms with Crippen LogP contribution in [0.5, 0.6) is 0 Å². The summed E-state index contributed by atoms with van der Waals surface area (Å²) >= 11 is 0. The first-order valence-corrected chi connectivity index (χ1v) is 67.2. The van der Waals surface area contributed by atoms with Crippen molar-refractivity contribution in [2.45, 2.75) is 131 Å². The van der Waals surface area contributed by atoms with Gasteiger partial charge < -0.3 is 145 Å². The minimum Gasteiger partial charge on any atom is -0.391 e. The molecule has 0 aromatic carbocycles. The van der Waals surface area contributed by atoms with Gasteiger partial charge in [-0.3, -0.25) is 0 Å². The van der Waals surface area contributed by atoms with Gasteiger partial charge >= 0.3 is 176 Å². The third-order valence-electron chi connectivity index (χ3n) is 9.69. The van der Waals surface area contributed by atoms with Crippen LogP contribution in [0.25, 0.3) is 0 Å². The number of hydrogen-bond acceptors (Lipinski definition) is 34. The van der Waals surface area contributed by atoms with Crippen LogP contribution in [0.1, 0.15) is 0 Å². The zero-order chi connectivity index (χ0) is 56.4. The second-order valence-corrected chi connectivity index (χ2v) is 76.5. The maximum Gasteiger partial charge on any atom is 0.484 e. The van der Waals surface area contributed by atoms with E-state index < -0.39 is 176 Å². The Balaban J connectivity index is 0. The zero-order valence-corrected chi connectivity index (χ0v) is 91.5. The van der Waals surface area contributed by atoms with Crippen LogP contribution in [0.4, 0.5) is 0 Å². The molecule has 0 spiro atoms. The van der Waals surface area contributed by atoms with E-state index in [0.717, 1.165) is 13.1 Å². The van der Waals surface area contributed by atoms with Gasteiger partial charge in [0.05, 0.1) is 0 Å². The molecule has 10 unspecified atom stereocenters. The van der Waals surface area contributed by atoms with Gasteiger partial charge in [0.1, 0.15) is 0 Å². The third-order valence-corrected chi connectivity index (χ3v) is 87.2. The van der Waals surface area contributed by atoms with Crippen LogP contribution in [0.3, 0.4) is 0 Å². The SMILES string of the molecule is C[Si](O)(O)O[Si](C)(O)O.C[Si]1(O)O[Si](C)(O)O[Si]2(C)O[Si]3(C)O[Si]4(C)O[Si](C)(O1)O[Si]1(C)O[Si](C)(O2)O[Si](C)(O3)O[Si](C)(O4)O1.C[Si]1(O)O[Si]2(C)O[Si]3(C)O[Si](C)(O)O[Si]4(C)O[Si](C)(O2)O[Si](C)(O1)O[Si](C)(O3)O4.[Y].[Y].[Y].[Y].[Y].[Y].[Y].[Y]. The molecular formula is C20H68O34Si20Y8. The van der Waals surface area contributed by atoms with E-state index >= 15 is 0 Å². The maximum absolute atomic E-state index is 11.2. The van der Waals surface area contributed by atoms with Crippen molar-refractivity contribution < 1.29 is 407 Å². The molecule has 13 heterocycles. The van der Waals surface area contributed by atoms with Crippen molar-refractivity contribution >= 4 is 176 Å². The molecule has 8 N–H and O–H groups in total. The monoisotopic (exact) mass is 2120 g/mol. The van der Waals surface area contributed by atoms with Crippen molar-refractivity contribution in [3.63, 3.8) is 0 Å². The molecule has 62 heteroatoms. The standard InChI is InChI=1S/C10H32O16Si10.C8H26O13Si8.C2H10O5Si2.8Y/c1-27(11)13-28(2,12)15-30(4)18-33(7)20-31(5)16-29(3,14-27)17-32(6)21-34(8,19-30)25-36(10,24-33)26-35(9,22-31)23-32;1-22(9)11-24(3)15-25(4)12-23(2,10)14-27(6)19-29(8,17-25)20-26(5,13-22)18-28(7,16-24)21-27;1-8(3,4)7-9(2,5)6;;;;;;;;/h11-12H,1-10H3;9-10H,1-8H3;3-6H,1-2H3;;;;;;;;. The van der Waals surface area contributed by atoms with Crippen LogP contribution in [0.15, 0.2) is 0 Å².